The summed E-state index contributed by atoms with van der Waals surface area (Å²) in [6.07, 6.45) is 1.46. The summed E-state index contributed by atoms with van der Waals surface area (Å²) >= 11 is 0. The van der Waals surface area contributed by atoms with E-state index in [-0.39, 0.29) is 16.9 Å². The molecule has 0 aliphatic carbocycles. The molecule has 0 fully saturated rings. The Morgan fingerprint density at radius 2 is 2.00 bits per heavy atom. The number of aromatic nitrogens is 5. The minimum absolute atomic E-state index is 0.247. The number of nitrogens with zero attached hydrogens (tertiary/aromatic N) is 5. The first kappa shape index (κ1) is 12.5. The van der Waals surface area contributed by atoms with Gasteiger partial charge in [-0.2, -0.15) is 0 Å². The largest absolute Gasteiger partial charge is 0.293 e. The highest BCUT2D eigenvalue weighted by Gasteiger charge is 2.11. The van der Waals surface area contributed by atoms with Crippen LogP contribution in [0.25, 0.3) is 11.2 Å². The zero-order chi connectivity index (χ0) is 14.1. The molecule has 6 nitrogen and oxygen atoms in total. The fourth-order valence-corrected chi connectivity index (χ4v) is 2.00. The van der Waals surface area contributed by atoms with Crippen LogP contribution in [0.1, 0.15) is 12.5 Å². The van der Waals surface area contributed by atoms with Crippen molar-refractivity contribution in [3.8, 4) is 0 Å². The molecular formula is C13H12FN5O. The number of hydrogen-bond acceptors (Lipinski definition) is 4. The highest BCUT2D eigenvalue weighted by atomic mass is 19.1. The van der Waals surface area contributed by atoms with Gasteiger partial charge in [0, 0.05) is 6.54 Å². The molecule has 102 valence electrons. The zero-order valence-corrected chi connectivity index (χ0v) is 10.8. The summed E-state index contributed by atoms with van der Waals surface area (Å²) in [4.78, 5) is 16.5. The third-order valence-electron chi connectivity index (χ3n) is 3.06. The van der Waals surface area contributed by atoms with Crippen LogP contribution in [0.5, 0.6) is 0 Å². The summed E-state index contributed by atoms with van der Waals surface area (Å²) in [5.41, 5.74) is 1.29. The van der Waals surface area contributed by atoms with Gasteiger partial charge in [0.05, 0.1) is 6.54 Å². The molecule has 0 aliphatic rings. The molecule has 7 heteroatoms. The van der Waals surface area contributed by atoms with Crippen LogP contribution in [0.3, 0.4) is 0 Å². The summed E-state index contributed by atoms with van der Waals surface area (Å²) in [5, 5.41) is 7.74. The summed E-state index contributed by atoms with van der Waals surface area (Å²) in [5.74, 6) is -0.305. The van der Waals surface area contributed by atoms with Gasteiger partial charge in [0.15, 0.2) is 11.2 Å². The summed E-state index contributed by atoms with van der Waals surface area (Å²) in [6, 6.07) is 5.99. The molecule has 0 aliphatic heterocycles. The Morgan fingerprint density at radius 1 is 1.25 bits per heavy atom. The van der Waals surface area contributed by atoms with Crippen molar-refractivity contribution in [3.63, 3.8) is 0 Å². The molecule has 3 aromatic rings. The lowest BCUT2D eigenvalue weighted by Crippen LogP contribution is -2.21. The van der Waals surface area contributed by atoms with Crippen LogP contribution < -0.4 is 5.56 Å². The van der Waals surface area contributed by atoms with Gasteiger partial charge in [-0.05, 0) is 24.6 Å². The second-order valence-corrected chi connectivity index (χ2v) is 4.38. The zero-order valence-electron chi connectivity index (χ0n) is 10.8. The number of fused-ring (bicyclic) bond motifs is 1. The van der Waals surface area contributed by atoms with Gasteiger partial charge in [-0.25, -0.2) is 14.1 Å². The molecule has 0 saturated heterocycles. The van der Waals surface area contributed by atoms with Crippen molar-refractivity contribution >= 4 is 11.2 Å². The van der Waals surface area contributed by atoms with E-state index in [1.807, 2.05) is 6.92 Å². The number of benzene rings is 1. The quantitative estimate of drug-likeness (QED) is 0.719. The molecule has 1 aromatic carbocycles. The molecule has 0 spiro atoms. The molecule has 20 heavy (non-hydrogen) atoms. The summed E-state index contributed by atoms with van der Waals surface area (Å²) in [6.45, 7) is 2.83. The van der Waals surface area contributed by atoms with Crippen molar-refractivity contribution < 1.29 is 4.39 Å². The molecule has 3 rings (SSSR count). The maximum atomic E-state index is 12.9. The maximum absolute atomic E-state index is 12.9. The Kier molecular flexibility index (Phi) is 3.02. The van der Waals surface area contributed by atoms with Crippen LogP contribution in [0.4, 0.5) is 4.39 Å². The van der Waals surface area contributed by atoms with E-state index in [1.54, 1.807) is 16.8 Å². The van der Waals surface area contributed by atoms with Crippen LogP contribution in [-0.4, -0.2) is 24.5 Å². The SMILES string of the molecule is CCn1nnc2c(=O)n(Cc3ccc(F)cc3)cnc21. The van der Waals surface area contributed by atoms with Gasteiger partial charge in [-0.15, -0.1) is 5.10 Å². The van der Waals surface area contributed by atoms with Gasteiger partial charge < -0.3 is 0 Å². The van der Waals surface area contributed by atoms with Gasteiger partial charge >= 0.3 is 0 Å². The highest BCUT2D eigenvalue weighted by Crippen LogP contribution is 2.06. The van der Waals surface area contributed by atoms with Gasteiger partial charge in [-0.1, -0.05) is 17.3 Å². The Hall–Kier alpha value is -2.57. The Morgan fingerprint density at radius 3 is 2.70 bits per heavy atom. The second-order valence-electron chi connectivity index (χ2n) is 4.38. The van der Waals surface area contributed by atoms with E-state index in [0.717, 1.165) is 5.56 Å². The first-order valence-electron chi connectivity index (χ1n) is 6.22. The topological polar surface area (TPSA) is 65.6 Å². The monoisotopic (exact) mass is 273 g/mol. The third kappa shape index (κ3) is 2.07. The van der Waals surface area contributed by atoms with Crippen LogP contribution in [0, 0.1) is 5.82 Å². The smallest absolute Gasteiger partial charge is 0.283 e. The van der Waals surface area contributed by atoms with Crippen molar-refractivity contribution in [2.75, 3.05) is 0 Å². The lowest BCUT2D eigenvalue weighted by molar-refractivity contribution is 0.626. The van der Waals surface area contributed by atoms with Crippen molar-refractivity contribution in [1.29, 1.82) is 0 Å². The summed E-state index contributed by atoms with van der Waals surface area (Å²) in [7, 11) is 0. The standard InChI is InChI=1S/C13H12FN5O/c1-2-19-12-11(16-17-19)13(20)18(8-15-12)7-9-3-5-10(14)6-4-9/h3-6,8H,2,7H2,1H3. The Balaban J connectivity index is 2.02. The molecular weight excluding hydrogens is 261 g/mol. The lowest BCUT2D eigenvalue weighted by atomic mass is 10.2. The predicted molar refractivity (Wildman–Crippen MR) is 70.8 cm³/mol. The number of rotatable bonds is 3. The van der Waals surface area contributed by atoms with Crippen LogP contribution in [0.15, 0.2) is 35.4 Å². The number of hydrogen-bond donors (Lipinski definition) is 0. The minimum Gasteiger partial charge on any atom is -0.293 e. The third-order valence-corrected chi connectivity index (χ3v) is 3.06. The predicted octanol–water partition coefficient (Wildman–Crippen LogP) is 1.20. The van der Waals surface area contributed by atoms with E-state index >= 15 is 0 Å². The highest BCUT2D eigenvalue weighted by molar-refractivity contribution is 5.67. The molecule has 0 atom stereocenters. The average Bonchev–Trinajstić information content (AvgIpc) is 2.88. The molecule has 0 saturated carbocycles. The van der Waals surface area contributed by atoms with Crippen molar-refractivity contribution in [3.05, 3.63) is 52.3 Å². The molecule has 0 unspecified atom stereocenters. The van der Waals surface area contributed by atoms with E-state index in [0.29, 0.717) is 18.7 Å². The lowest BCUT2D eigenvalue weighted by Gasteiger charge is -2.05. The van der Waals surface area contributed by atoms with E-state index in [9.17, 15) is 9.18 Å². The minimum atomic E-state index is -0.305. The van der Waals surface area contributed by atoms with Gasteiger partial charge in [0.25, 0.3) is 5.56 Å². The van der Waals surface area contributed by atoms with Gasteiger partial charge in [0.2, 0.25) is 0 Å². The maximum Gasteiger partial charge on any atom is 0.283 e. The fraction of sp³-hybridized carbons (Fsp3) is 0.231. The molecule has 0 bridgehead atoms. The number of halogens is 1. The van der Waals surface area contributed by atoms with Crippen molar-refractivity contribution in [1.82, 2.24) is 24.5 Å². The number of aryl methyl sites for hydroxylation is 1. The first-order valence-corrected chi connectivity index (χ1v) is 6.22. The summed E-state index contributed by atoms with van der Waals surface area (Å²) < 4.78 is 15.9. The molecule has 2 aromatic heterocycles. The van der Waals surface area contributed by atoms with Crippen LogP contribution in [-0.2, 0) is 13.1 Å². The van der Waals surface area contributed by atoms with Crippen LogP contribution >= 0.6 is 0 Å². The molecule has 0 amide bonds. The van der Waals surface area contributed by atoms with Gasteiger partial charge in [0.1, 0.15) is 12.1 Å². The van der Waals surface area contributed by atoms with Gasteiger partial charge in [-0.3, -0.25) is 9.36 Å². The van der Waals surface area contributed by atoms with E-state index in [1.165, 1.54) is 23.0 Å². The van der Waals surface area contributed by atoms with E-state index in [4.69, 9.17) is 0 Å². The fourth-order valence-electron chi connectivity index (χ4n) is 2.00. The van der Waals surface area contributed by atoms with E-state index in [2.05, 4.69) is 15.3 Å². The second kappa shape index (κ2) is 4.84. The Labute approximate surface area is 113 Å². The van der Waals surface area contributed by atoms with E-state index < -0.39 is 0 Å². The van der Waals surface area contributed by atoms with Crippen molar-refractivity contribution in [2.24, 2.45) is 0 Å². The normalized spacial score (nSPS) is 11.1. The Bertz CT molecular complexity index is 806. The average molecular weight is 273 g/mol. The van der Waals surface area contributed by atoms with Crippen molar-refractivity contribution in [2.45, 2.75) is 20.0 Å². The van der Waals surface area contributed by atoms with Crippen LogP contribution in [0.2, 0.25) is 0 Å². The molecule has 2 heterocycles. The molecule has 0 N–H and O–H groups in total. The molecule has 0 radical (unpaired) electrons. The first-order chi connectivity index (χ1) is 9.69.